The Kier molecular flexibility index (Phi) is 3.34. The van der Waals surface area contributed by atoms with Gasteiger partial charge in [-0.2, -0.15) is 0 Å². The van der Waals surface area contributed by atoms with Crippen LogP contribution in [0.25, 0.3) is 0 Å². The first kappa shape index (κ1) is 13.0. The molecule has 0 heterocycles. The second-order valence-corrected chi connectivity index (χ2v) is 4.94. The molecule has 1 unspecified atom stereocenters. The van der Waals surface area contributed by atoms with E-state index in [2.05, 4.69) is 5.32 Å². The predicted octanol–water partition coefficient (Wildman–Crippen LogP) is 1.86. The fraction of sp³-hybridized carbons (Fsp3) is 0.462. The molecule has 1 fully saturated rings. The Morgan fingerprint density at radius 2 is 2.17 bits per heavy atom. The Labute approximate surface area is 104 Å². The Morgan fingerprint density at radius 1 is 1.50 bits per heavy atom. The highest BCUT2D eigenvalue weighted by molar-refractivity contribution is 5.94. The molecular formula is C13H15F2NO2. The van der Waals surface area contributed by atoms with Crippen molar-refractivity contribution in [1.29, 1.82) is 0 Å². The highest BCUT2D eigenvalue weighted by Crippen LogP contribution is 2.39. The number of halogens is 2. The highest BCUT2D eigenvalue weighted by atomic mass is 19.1. The molecule has 0 spiro atoms. The van der Waals surface area contributed by atoms with E-state index in [1.54, 1.807) is 6.92 Å². The van der Waals surface area contributed by atoms with Crippen molar-refractivity contribution in [3.05, 3.63) is 35.4 Å². The molecule has 2 N–H and O–H groups in total. The number of carbonyl (C=O) groups excluding carboxylic acids is 1. The van der Waals surface area contributed by atoms with Crippen molar-refractivity contribution in [2.24, 2.45) is 5.92 Å². The van der Waals surface area contributed by atoms with E-state index < -0.39 is 23.1 Å². The average Bonchev–Trinajstić information content (AvgIpc) is 3.10. The summed E-state index contributed by atoms with van der Waals surface area (Å²) in [6.45, 7) is 1.71. The number of hydrogen-bond acceptors (Lipinski definition) is 2. The molecule has 0 aromatic heterocycles. The van der Waals surface area contributed by atoms with Gasteiger partial charge in [-0.1, -0.05) is 0 Å². The van der Waals surface area contributed by atoms with Gasteiger partial charge in [0.2, 0.25) is 0 Å². The van der Waals surface area contributed by atoms with Gasteiger partial charge in [-0.3, -0.25) is 4.79 Å². The summed E-state index contributed by atoms with van der Waals surface area (Å²) in [6, 6.07) is 2.77. The van der Waals surface area contributed by atoms with Crippen molar-refractivity contribution in [3.63, 3.8) is 0 Å². The molecule has 98 valence electrons. The third-order valence-electron chi connectivity index (χ3n) is 3.24. The van der Waals surface area contributed by atoms with Gasteiger partial charge < -0.3 is 10.4 Å². The first-order valence-electron chi connectivity index (χ1n) is 5.86. The van der Waals surface area contributed by atoms with Crippen LogP contribution >= 0.6 is 0 Å². The molecule has 1 aromatic rings. The van der Waals surface area contributed by atoms with Gasteiger partial charge in [0.15, 0.2) is 0 Å². The molecule has 0 saturated heterocycles. The second-order valence-electron chi connectivity index (χ2n) is 4.94. The molecule has 1 amide bonds. The van der Waals surface area contributed by atoms with Crippen LogP contribution in [-0.2, 0) is 0 Å². The van der Waals surface area contributed by atoms with E-state index in [1.807, 2.05) is 0 Å². The highest BCUT2D eigenvalue weighted by Gasteiger charge is 2.40. The number of rotatable bonds is 4. The molecule has 18 heavy (non-hydrogen) atoms. The lowest BCUT2D eigenvalue weighted by Crippen LogP contribution is -2.42. The normalized spacial score (nSPS) is 18.2. The lowest BCUT2D eigenvalue weighted by atomic mass is 10.0. The van der Waals surface area contributed by atoms with Gasteiger partial charge >= 0.3 is 0 Å². The van der Waals surface area contributed by atoms with Crippen molar-refractivity contribution in [2.45, 2.75) is 25.4 Å². The van der Waals surface area contributed by atoms with Crippen LogP contribution in [0, 0.1) is 17.6 Å². The number of carbonyl (C=O) groups is 1. The number of hydrogen-bond donors (Lipinski definition) is 2. The van der Waals surface area contributed by atoms with Gasteiger partial charge in [0.1, 0.15) is 11.6 Å². The van der Waals surface area contributed by atoms with Crippen LogP contribution in [0.2, 0.25) is 0 Å². The van der Waals surface area contributed by atoms with Crippen molar-refractivity contribution in [2.75, 3.05) is 6.54 Å². The zero-order valence-electron chi connectivity index (χ0n) is 10.0. The standard InChI is InChI=1S/C13H15F2NO2/c1-13(18,8-2-3-8)7-16-12(17)10-5-4-9(14)6-11(10)15/h4-6,8,18H,2-3,7H2,1H3,(H,16,17). The van der Waals surface area contributed by atoms with Crippen LogP contribution in [0.1, 0.15) is 30.1 Å². The summed E-state index contributed by atoms with van der Waals surface area (Å²) in [6.07, 6.45) is 1.88. The second kappa shape index (κ2) is 4.65. The van der Waals surface area contributed by atoms with E-state index in [9.17, 15) is 18.7 Å². The van der Waals surface area contributed by atoms with Gasteiger partial charge in [0.25, 0.3) is 5.91 Å². The molecule has 1 aliphatic carbocycles. The van der Waals surface area contributed by atoms with Gasteiger partial charge in [-0.15, -0.1) is 0 Å². The van der Waals surface area contributed by atoms with E-state index in [-0.39, 0.29) is 18.0 Å². The van der Waals surface area contributed by atoms with Crippen LogP contribution in [0.15, 0.2) is 18.2 Å². The topological polar surface area (TPSA) is 49.3 Å². The maximum absolute atomic E-state index is 13.3. The molecule has 5 heteroatoms. The number of nitrogens with one attached hydrogen (secondary N) is 1. The van der Waals surface area contributed by atoms with E-state index in [0.717, 1.165) is 25.0 Å². The SMILES string of the molecule is CC(O)(CNC(=O)c1ccc(F)cc1F)C1CC1. The minimum absolute atomic E-state index is 0.0628. The molecule has 0 bridgehead atoms. The summed E-state index contributed by atoms with van der Waals surface area (Å²) in [7, 11) is 0. The maximum atomic E-state index is 13.3. The number of amides is 1. The summed E-state index contributed by atoms with van der Waals surface area (Å²) in [5, 5.41) is 12.5. The minimum Gasteiger partial charge on any atom is -0.388 e. The maximum Gasteiger partial charge on any atom is 0.254 e. The first-order chi connectivity index (χ1) is 8.40. The average molecular weight is 255 g/mol. The number of aliphatic hydroxyl groups is 1. The zero-order valence-corrected chi connectivity index (χ0v) is 10.0. The van der Waals surface area contributed by atoms with Crippen molar-refractivity contribution in [1.82, 2.24) is 5.32 Å². The molecule has 1 aliphatic rings. The quantitative estimate of drug-likeness (QED) is 0.862. The predicted molar refractivity (Wildman–Crippen MR) is 62.0 cm³/mol. The van der Waals surface area contributed by atoms with Crippen LogP contribution in [0.5, 0.6) is 0 Å². The summed E-state index contributed by atoms with van der Waals surface area (Å²) in [5.74, 6) is -2.09. The van der Waals surface area contributed by atoms with E-state index in [4.69, 9.17) is 0 Å². The summed E-state index contributed by atoms with van der Waals surface area (Å²) in [5.41, 5.74) is -1.19. The van der Waals surface area contributed by atoms with Crippen molar-refractivity contribution >= 4 is 5.91 Å². The van der Waals surface area contributed by atoms with Gasteiger partial charge in [-0.05, 0) is 37.8 Å². The lowest BCUT2D eigenvalue weighted by Gasteiger charge is -2.23. The third-order valence-corrected chi connectivity index (χ3v) is 3.24. The Balaban J connectivity index is 1.99. The lowest BCUT2D eigenvalue weighted by molar-refractivity contribution is 0.0353. The molecule has 1 aromatic carbocycles. The van der Waals surface area contributed by atoms with E-state index >= 15 is 0 Å². The van der Waals surface area contributed by atoms with Gasteiger partial charge in [0.05, 0.1) is 11.2 Å². The molecule has 0 radical (unpaired) electrons. The summed E-state index contributed by atoms with van der Waals surface area (Å²) < 4.78 is 26.0. The van der Waals surface area contributed by atoms with Crippen LogP contribution in [0.4, 0.5) is 8.78 Å². The molecule has 1 atom stereocenters. The largest absolute Gasteiger partial charge is 0.388 e. The molecule has 0 aliphatic heterocycles. The first-order valence-corrected chi connectivity index (χ1v) is 5.86. The Morgan fingerprint density at radius 3 is 2.72 bits per heavy atom. The van der Waals surface area contributed by atoms with Crippen LogP contribution in [0.3, 0.4) is 0 Å². The van der Waals surface area contributed by atoms with Crippen molar-refractivity contribution in [3.8, 4) is 0 Å². The summed E-state index contributed by atoms with van der Waals surface area (Å²) >= 11 is 0. The zero-order chi connectivity index (χ0) is 13.3. The smallest absolute Gasteiger partial charge is 0.254 e. The third kappa shape index (κ3) is 2.85. The molecule has 1 saturated carbocycles. The molecular weight excluding hydrogens is 240 g/mol. The Hall–Kier alpha value is -1.49. The minimum atomic E-state index is -0.966. The van der Waals surface area contributed by atoms with Gasteiger partial charge in [-0.25, -0.2) is 8.78 Å². The monoisotopic (exact) mass is 255 g/mol. The van der Waals surface area contributed by atoms with Crippen molar-refractivity contribution < 1.29 is 18.7 Å². The number of benzene rings is 1. The van der Waals surface area contributed by atoms with E-state index in [1.165, 1.54) is 0 Å². The fourth-order valence-electron chi connectivity index (χ4n) is 1.88. The fourth-order valence-corrected chi connectivity index (χ4v) is 1.88. The van der Waals surface area contributed by atoms with E-state index in [0.29, 0.717) is 6.07 Å². The van der Waals surface area contributed by atoms with Crippen LogP contribution < -0.4 is 5.32 Å². The summed E-state index contributed by atoms with van der Waals surface area (Å²) in [4.78, 5) is 11.7. The Bertz CT molecular complexity index is 470. The molecule has 3 nitrogen and oxygen atoms in total. The van der Waals surface area contributed by atoms with Gasteiger partial charge in [0, 0.05) is 12.6 Å². The molecule has 2 rings (SSSR count). The van der Waals surface area contributed by atoms with Crippen LogP contribution in [-0.4, -0.2) is 23.2 Å².